The van der Waals surface area contributed by atoms with Crippen LogP contribution in [0.15, 0.2) is 261 Å². The second kappa shape index (κ2) is 15.6. The molecule has 0 unspecified atom stereocenters. The maximum absolute atomic E-state index is 2.46. The SMILES string of the molecule is c1ccc(-c2ccc3c(-c4ccc(N(c5ccc(-c6cccc7ccccc67)cc5)c5ccc6c(c5)C(c5ccccc5)(c5ccccc5)c5ccccc5-6)cc4)cccc3c2)cc1. The summed E-state index contributed by atoms with van der Waals surface area (Å²) < 4.78 is 0. The van der Waals surface area contributed by atoms with Crippen molar-refractivity contribution in [3.05, 3.63) is 283 Å². The normalized spacial score (nSPS) is 12.5. The lowest BCUT2D eigenvalue weighted by atomic mass is 9.67. The van der Waals surface area contributed by atoms with Crippen LogP contribution in [0.2, 0.25) is 0 Å². The topological polar surface area (TPSA) is 3.24 Å². The number of rotatable bonds is 8. The predicted octanol–water partition coefficient (Wildman–Crippen LogP) is 16.8. The van der Waals surface area contributed by atoms with Crippen molar-refractivity contribution in [1.29, 1.82) is 0 Å². The Morgan fingerprint density at radius 3 is 1.38 bits per heavy atom. The Morgan fingerprint density at radius 1 is 0.250 bits per heavy atom. The average molecular weight is 814 g/mol. The van der Waals surface area contributed by atoms with E-state index in [1.807, 2.05) is 0 Å². The van der Waals surface area contributed by atoms with Crippen molar-refractivity contribution in [1.82, 2.24) is 0 Å². The fourth-order valence-corrected chi connectivity index (χ4v) is 10.4. The highest BCUT2D eigenvalue weighted by molar-refractivity contribution is 6.00. The van der Waals surface area contributed by atoms with Crippen LogP contribution in [0, 0.1) is 0 Å². The molecule has 0 heterocycles. The van der Waals surface area contributed by atoms with Crippen molar-refractivity contribution in [2.45, 2.75) is 5.41 Å². The molecular formula is C63H43N. The summed E-state index contributed by atoms with van der Waals surface area (Å²) in [6.45, 7) is 0. The third kappa shape index (κ3) is 6.16. The number of hydrogen-bond donors (Lipinski definition) is 0. The zero-order valence-electron chi connectivity index (χ0n) is 35.3. The van der Waals surface area contributed by atoms with Gasteiger partial charge in [0, 0.05) is 17.1 Å². The van der Waals surface area contributed by atoms with E-state index in [0.29, 0.717) is 0 Å². The van der Waals surface area contributed by atoms with E-state index in [-0.39, 0.29) is 0 Å². The van der Waals surface area contributed by atoms with Gasteiger partial charge in [-0.15, -0.1) is 0 Å². The van der Waals surface area contributed by atoms with Crippen molar-refractivity contribution >= 4 is 38.6 Å². The molecule has 0 atom stereocenters. The van der Waals surface area contributed by atoms with Crippen LogP contribution in [0.1, 0.15) is 22.3 Å². The van der Waals surface area contributed by atoms with E-state index in [2.05, 4.69) is 266 Å². The molecule has 1 aliphatic rings. The summed E-state index contributed by atoms with van der Waals surface area (Å²) in [5, 5.41) is 4.97. The van der Waals surface area contributed by atoms with Gasteiger partial charge in [-0.3, -0.25) is 0 Å². The fraction of sp³-hybridized carbons (Fsp3) is 0.0159. The molecule has 1 aliphatic carbocycles. The minimum absolute atomic E-state index is 0.507. The van der Waals surface area contributed by atoms with Crippen LogP contribution in [-0.2, 0) is 5.41 Å². The van der Waals surface area contributed by atoms with Crippen molar-refractivity contribution in [2.24, 2.45) is 0 Å². The highest BCUT2D eigenvalue weighted by Crippen LogP contribution is 2.57. The number of fused-ring (bicyclic) bond motifs is 5. The van der Waals surface area contributed by atoms with E-state index < -0.39 is 5.41 Å². The maximum Gasteiger partial charge on any atom is 0.0714 e. The zero-order chi connectivity index (χ0) is 42.5. The lowest BCUT2D eigenvalue weighted by molar-refractivity contribution is 0.768. The molecule has 0 N–H and O–H groups in total. The Labute approximate surface area is 374 Å². The first-order valence-corrected chi connectivity index (χ1v) is 22.2. The van der Waals surface area contributed by atoms with Gasteiger partial charge < -0.3 is 4.90 Å². The van der Waals surface area contributed by atoms with Crippen LogP contribution < -0.4 is 4.90 Å². The highest BCUT2D eigenvalue weighted by atomic mass is 15.1. The van der Waals surface area contributed by atoms with Crippen LogP contribution in [0.5, 0.6) is 0 Å². The summed E-state index contributed by atoms with van der Waals surface area (Å²) in [5.41, 5.74) is 17.7. The molecule has 1 nitrogen and oxygen atoms in total. The highest BCUT2D eigenvalue weighted by Gasteiger charge is 2.46. The average Bonchev–Trinajstić information content (AvgIpc) is 3.67. The molecule has 1 heteroatoms. The Bertz CT molecular complexity index is 3420. The van der Waals surface area contributed by atoms with Crippen LogP contribution in [0.25, 0.3) is 66.1 Å². The third-order valence-electron chi connectivity index (χ3n) is 13.4. The molecular weight excluding hydrogens is 771 g/mol. The first-order chi connectivity index (χ1) is 31.7. The van der Waals surface area contributed by atoms with Gasteiger partial charge in [0.2, 0.25) is 0 Å². The van der Waals surface area contributed by atoms with Gasteiger partial charge in [0.1, 0.15) is 0 Å². The molecule has 300 valence electrons. The number of anilines is 3. The predicted molar refractivity (Wildman–Crippen MR) is 270 cm³/mol. The maximum atomic E-state index is 2.46. The number of benzene rings is 11. The Hall–Kier alpha value is -8.26. The molecule has 0 saturated carbocycles. The molecule has 0 fully saturated rings. The molecule has 12 rings (SSSR count). The largest absolute Gasteiger partial charge is 0.310 e. The minimum atomic E-state index is -0.507. The Kier molecular flexibility index (Phi) is 9.13. The molecule has 0 aliphatic heterocycles. The lowest BCUT2D eigenvalue weighted by Gasteiger charge is -2.35. The van der Waals surface area contributed by atoms with E-state index in [1.165, 1.54) is 88.3 Å². The second-order valence-corrected chi connectivity index (χ2v) is 16.8. The molecule has 0 aromatic heterocycles. The Morgan fingerprint density at radius 2 is 0.719 bits per heavy atom. The van der Waals surface area contributed by atoms with Crippen LogP contribution in [-0.4, -0.2) is 0 Å². The van der Waals surface area contributed by atoms with Crippen molar-refractivity contribution in [3.63, 3.8) is 0 Å². The summed E-state index contributed by atoms with van der Waals surface area (Å²) in [5.74, 6) is 0. The van der Waals surface area contributed by atoms with E-state index >= 15 is 0 Å². The second-order valence-electron chi connectivity index (χ2n) is 16.8. The summed E-state index contributed by atoms with van der Waals surface area (Å²) in [6, 6.07) is 95.8. The molecule has 11 aromatic rings. The van der Waals surface area contributed by atoms with Crippen LogP contribution in [0.3, 0.4) is 0 Å². The molecule has 0 radical (unpaired) electrons. The van der Waals surface area contributed by atoms with E-state index in [4.69, 9.17) is 0 Å². The van der Waals surface area contributed by atoms with Crippen LogP contribution in [0.4, 0.5) is 17.1 Å². The van der Waals surface area contributed by atoms with Crippen molar-refractivity contribution < 1.29 is 0 Å². The molecule has 11 aromatic carbocycles. The van der Waals surface area contributed by atoms with Gasteiger partial charge in [-0.2, -0.15) is 0 Å². The van der Waals surface area contributed by atoms with Gasteiger partial charge in [0.15, 0.2) is 0 Å². The zero-order valence-corrected chi connectivity index (χ0v) is 35.3. The molecule has 0 spiro atoms. The standard InChI is InChI=1S/C63H43N/c1-4-16-44(17-5-1)48-34-40-58-49(42-48)20-15-28-57(58)47-32-37-53(38-33-47)64(52-35-30-46(31-36-52)56-27-14-19-45-18-10-11-25-55(45)56)54-39-41-60-59-26-12-13-29-61(59)63(62(60)43-54,50-21-6-2-7-22-50)51-23-8-3-9-24-51/h1-43H. The Balaban J connectivity index is 1.02. The van der Waals surface area contributed by atoms with Crippen molar-refractivity contribution in [2.75, 3.05) is 4.90 Å². The first kappa shape index (κ1) is 37.5. The minimum Gasteiger partial charge on any atom is -0.310 e. The van der Waals surface area contributed by atoms with Gasteiger partial charge in [-0.1, -0.05) is 218 Å². The van der Waals surface area contributed by atoms with Gasteiger partial charge in [-0.05, 0) is 131 Å². The van der Waals surface area contributed by atoms with Crippen LogP contribution >= 0.6 is 0 Å². The molecule has 64 heavy (non-hydrogen) atoms. The van der Waals surface area contributed by atoms with Gasteiger partial charge >= 0.3 is 0 Å². The lowest BCUT2D eigenvalue weighted by Crippen LogP contribution is -2.28. The van der Waals surface area contributed by atoms with E-state index in [0.717, 1.165) is 17.1 Å². The number of nitrogens with zero attached hydrogens (tertiary/aromatic N) is 1. The fourth-order valence-electron chi connectivity index (χ4n) is 10.4. The molecule has 0 amide bonds. The van der Waals surface area contributed by atoms with Gasteiger partial charge in [0.25, 0.3) is 0 Å². The summed E-state index contributed by atoms with van der Waals surface area (Å²) in [4.78, 5) is 2.43. The number of hydrogen-bond acceptors (Lipinski definition) is 1. The van der Waals surface area contributed by atoms with E-state index in [1.54, 1.807) is 0 Å². The van der Waals surface area contributed by atoms with Crippen molar-refractivity contribution in [3.8, 4) is 44.5 Å². The molecule has 0 saturated heterocycles. The summed E-state index contributed by atoms with van der Waals surface area (Å²) in [7, 11) is 0. The van der Waals surface area contributed by atoms with Gasteiger partial charge in [0.05, 0.1) is 5.41 Å². The molecule has 0 bridgehead atoms. The van der Waals surface area contributed by atoms with Gasteiger partial charge in [-0.25, -0.2) is 0 Å². The smallest absolute Gasteiger partial charge is 0.0714 e. The van der Waals surface area contributed by atoms with E-state index in [9.17, 15) is 0 Å². The quantitative estimate of drug-likeness (QED) is 0.148. The summed E-state index contributed by atoms with van der Waals surface area (Å²) >= 11 is 0. The summed E-state index contributed by atoms with van der Waals surface area (Å²) in [6.07, 6.45) is 0. The monoisotopic (exact) mass is 813 g/mol. The third-order valence-corrected chi connectivity index (χ3v) is 13.4. The first-order valence-electron chi connectivity index (χ1n) is 22.2.